The molecule has 0 saturated heterocycles. The quantitative estimate of drug-likeness (QED) is 0.320. The zero-order chi connectivity index (χ0) is 18.3. The normalized spacial score (nSPS) is 11.6. The first-order valence-corrected chi connectivity index (χ1v) is 8.14. The van der Waals surface area contributed by atoms with Crippen molar-refractivity contribution < 1.29 is 0 Å². The molecule has 4 rings (SSSR count). The van der Waals surface area contributed by atoms with Gasteiger partial charge in [0.25, 0.3) is 0 Å². The Morgan fingerprint density at radius 1 is 1.42 bits per heavy atom. The largest absolute Gasteiger partial charge is 0.375 e. The lowest BCUT2D eigenvalue weighted by Gasteiger charge is -2.10. The van der Waals surface area contributed by atoms with Crippen LogP contribution in [0.1, 0.15) is 5.56 Å². The number of H-pyrrole nitrogens is 1. The summed E-state index contributed by atoms with van der Waals surface area (Å²) in [4.78, 5) is 4.73. The molecule has 4 aromatic rings. The zero-order valence-corrected chi connectivity index (χ0v) is 14.9. The number of benzene rings is 1. The Kier molecular flexibility index (Phi) is 3.81. The molecule has 26 heavy (non-hydrogen) atoms. The smallest absolute Gasteiger partial charge is 0.186 e. The highest BCUT2D eigenvalue weighted by atomic mass is 32.1. The third-order valence-corrected chi connectivity index (χ3v) is 4.31. The molecule has 130 valence electrons. The molecule has 0 bridgehead atoms. The Morgan fingerprint density at radius 3 is 3.00 bits per heavy atom. The number of hydrogen-bond acceptors (Lipinski definition) is 6. The van der Waals surface area contributed by atoms with Gasteiger partial charge in [-0.15, -0.1) is 10.2 Å². The van der Waals surface area contributed by atoms with Gasteiger partial charge in [0.05, 0.1) is 23.4 Å². The van der Waals surface area contributed by atoms with Crippen LogP contribution in [-0.2, 0) is 7.05 Å². The Balaban J connectivity index is 1.99. The maximum Gasteiger partial charge on any atom is 0.186 e. The number of aromatic nitrogens is 6. The third-order valence-electron chi connectivity index (χ3n) is 4.05. The number of thiocarbonyl (C=S) groups is 1. The second-order valence-corrected chi connectivity index (χ2v) is 6.18. The molecule has 0 atom stereocenters. The van der Waals surface area contributed by atoms with E-state index in [1.165, 1.54) is 5.01 Å². The SMILES string of the molecule is CN(N=Cc1cc(-c2nncn2C)nc2ccc3cn[nH]c3c12)C(N)=S. The van der Waals surface area contributed by atoms with Gasteiger partial charge in [0, 0.05) is 30.4 Å². The van der Waals surface area contributed by atoms with Gasteiger partial charge in [-0.1, -0.05) is 0 Å². The van der Waals surface area contributed by atoms with Crippen molar-refractivity contribution in [3.8, 4) is 11.5 Å². The van der Waals surface area contributed by atoms with Crippen LogP contribution in [0.2, 0.25) is 0 Å². The van der Waals surface area contributed by atoms with Gasteiger partial charge in [-0.3, -0.25) is 5.10 Å². The molecule has 0 radical (unpaired) electrons. The molecule has 0 amide bonds. The second kappa shape index (κ2) is 6.15. The predicted octanol–water partition coefficient (Wildman–Crippen LogP) is 1.42. The predicted molar refractivity (Wildman–Crippen MR) is 104 cm³/mol. The van der Waals surface area contributed by atoms with Crippen LogP contribution in [0.25, 0.3) is 33.3 Å². The number of aryl methyl sites for hydroxylation is 1. The number of aromatic amines is 1. The van der Waals surface area contributed by atoms with Gasteiger partial charge in [-0.25, -0.2) is 9.99 Å². The van der Waals surface area contributed by atoms with E-state index in [9.17, 15) is 0 Å². The van der Waals surface area contributed by atoms with Gasteiger partial charge in [0.1, 0.15) is 12.0 Å². The molecule has 0 fully saturated rings. The van der Waals surface area contributed by atoms with Crippen molar-refractivity contribution in [3.63, 3.8) is 0 Å². The molecule has 0 aliphatic carbocycles. The number of fused-ring (bicyclic) bond motifs is 3. The average molecular weight is 365 g/mol. The summed E-state index contributed by atoms with van der Waals surface area (Å²) in [6.07, 6.45) is 5.10. The second-order valence-electron chi connectivity index (χ2n) is 5.76. The van der Waals surface area contributed by atoms with Crippen molar-refractivity contribution in [1.82, 2.24) is 35.0 Å². The van der Waals surface area contributed by atoms with Crippen LogP contribution in [0, 0.1) is 0 Å². The third kappa shape index (κ3) is 2.65. The molecule has 0 unspecified atom stereocenters. The molecule has 0 spiro atoms. The van der Waals surface area contributed by atoms with Crippen LogP contribution in [0.4, 0.5) is 0 Å². The van der Waals surface area contributed by atoms with Crippen LogP contribution in [-0.4, -0.2) is 53.3 Å². The molecule has 3 N–H and O–H groups in total. The Bertz CT molecular complexity index is 1160. The number of hydrogen-bond donors (Lipinski definition) is 2. The fourth-order valence-corrected chi connectivity index (χ4v) is 2.75. The lowest BCUT2D eigenvalue weighted by Crippen LogP contribution is -2.27. The molecular formula is C16H15N9S. The van der Waals surface area contributed by atoms with E-state index in [-0.39, 0.29) is 5.11 Å². The van der Waals surface area contributed by atoms with E-state index in [2.05, 4.69) is 25.5 Å². The Hall–Kier alpha value is -3.40. The van der Waals surface area contributed by atoms with E-state index in [4.69, 9.17) is 22.9 Å². The van der Waals surface area contributed by atoms with Crippen LogP contribution >= 0.6 is 12.2 Å². The van der Waals surface area contributed by atoms with E-state index < -0.39 is 0 Å². The summed E-state index contributed by atoms with van der Waals surface area (Å²) < 4.78 is 1.81. The van der Waals surface area contributed by atoms with Gasteiger partial charge < -0.3 is 10.3 Å². The minimum absolute atomic E-state index is 0.180. The summed E-state index contributed by atoms with van der Waals surface area (Å²) >= 11 is 4.94. The molecule has 0 aliphatic heterocycles. The van der Waals surface area contributed by atoms with Crippen LogP contribution in [0.5, 0.6) is 0 Å². The highest BCUT2D eigenvalue weighted by Crippen LogP contribution is 2.28. The van der Waals surface area contributed by atoms with Crippen molar-refractivity contribution in [2.75, 3.05) is 7.05 Å². The fraction of sp³-hybridized carbons (Fsp3) is 0.125. The van der Waals surface area contributed by atoms with Gasteiger partial charge in [-0.2, -0.15) is 10.2 Å². The molecule has 3 aromatic heterocycles. The van der Waals surface area contributed by atoms with E-state index in [1.54, 1.807) is 25.8 Å². The van der Waals surface area contributed by atoms with E-state index in [0.29, 0.717) is 11.5 Å². The average Bonchev–Trinajstić information content (AvgIpc) is 3.27. The standard InChI is InChI=1S/C16H15N9S/c1-24-8-19-23-15(24)12-5-10(7-20-25(2)16(17)26)13-11(21-12)4-3-9-6-18-22-14(9)13/h3-8H,1-2H3,(H2,17,26)(H,18,22). The van der Waals surface area contributed by atoms with Crippen molar-refractivity contribution in [2.24, 2.45) is 17.9 Å². The summed E-state index contributed by atoms with van der Waals surface area (Å²) in [5.41, 5.74) is 8.82. The number of nitrogens with one attached hydrogen (secondary N) is 1. The van der Waals surface area contributed by atoms with Gasteiger partial charge >= 0.3 is 0 Å². The van der Waals surface area contributed by atoms with Gasteiger partial charge in [0.15, 0.2) is 10.9 Å². The Morgan fingerprint density at radius 2 is 2.27 bits per heavy atom. The Labute approximate surface area is 153 Å². The maximum atomic E-state index is 5.61. The molecule has 9 nitrogen and oxygen atoms in total. The highest BCUT2D eigenvalue weighted by Gasteiger charge is 2.14. The molecule has 0 aliphatic rings. The number of nitrogens with zero attached hydrogens (tertiary/aromatic N) is 7. The van der Waals surface area contributed by atoms with E-state index in [0.717, 1.165) is 27.4 Å². The minimum Gasteiger partial charge on any atom is -0.375 e. The lowest BCUT2D eigenvalue weighted by molar-refractivity contribution is 0.552. The minimum atomic E-state index is 0.180. The van der Waals surface area contributed by atoms with Crippen molar-refractivity contribution in [2.45, 2.75) is 0 Å². The summed E-state index contributed by atoms with van der Waals surface area (Å²) in [7, 11) is 3.56. The van der Waals surface area contributed by atoms with E-state index >= 15 is 0 Å². The van der Waals surface area contributed by atoms with Crippen LogP contribution < -0.4 is 5.73 Å². The molecule has 1 aromatic carbocycles. The molecule has 3 heterocycles. The maximum absolute atomic E-state index is 5.61. The van der Waals surface area contributed by atoms with Crippen LogP contribution in [0.15, 0.2) is 35.8 Å². The number of hydrazone groups is 1. The summed E-state index contributed by atoms with van der Waals surface area (Å²) in [6, 6.07) is 5.82. The monoisotopic (exact) mass is 365 g/mol. The van der Waals surface area contributed by atoms with Crippen molar-refractivity contribution in [1.29, 1.82) is 0 Å². The highest BCUT2D eigenvalue weighted by molar-refractivity contribution is 7.80. The van der Waals surface area contributed by atoms with Gasteiger partial charge in [-0.05, 0) is 30.4 Å². The number of nitrogens with two attached hydrogens (primary N) is 1. The molecular weight excluding hydrogens is 350 g/mol. The zero-order valence-electron chi connectivity index (χ0n) is 14.1. The lowest BCUT2D eigenvalue weighted by atomic mass is 10.1. The van der Waals surface area contributed by atoms with E-state index in [1.807, 2.05) is 29.8 Å². The molecule has 0 saturated carbocycles. The number of pyridine rings is 1. The molecule has 10 heteroatoms. The summed E-state index contributed by atoms with van der Waals surface area (Å²) in [5, 5.41) is 23.1. The summed E-state index contributed by atoms with van der Waals surface area (Å²) in [5.74, 6) is 0.661. The topological polar surface area (TPSA) is 114 Å². The first kappa shape index (κ1) is 16.1. The van der Waals surface area contributed by atoms with Crippen molar-refractivity contribution in [3.05, 3.63) is 36.3 Å². The number of rotatable bonds is 3. The first-order valence-electron chi connectivity index (χ1n) is 7.73. The fourth-order valence-electron chi connectivity index (χ4n) is 2.71. The van der Waals surface area contributed by atoms with Crippen LogP contribution in [0.3, 0.4) is 0 Å². The summed E-state index contributed by atoms with van der Waals surface area (Å²) in [6.45, 7) is 0. The first-order chi connectivity index (χ1) is 12.5. The van der Waals surface area contributed by atoms with Gasteiger partial charge in [0.2, 0.25) is 0 Å². The van der Waals surface area contributed by atoms with Crippen molar-refractivity contribution >= 4 is 45.4 Å².